The second-order valence-corrected chi connectivity index (χ2v) is 6.33. The molecule has 0 radical (unpaired) electrons. The van der Waals surface area contributed by atoms with Crippen LogP contribution in [0.15, 0.2) is 44.7 Å². The maximum Gasteiger partial charge on any atom is 0.158 e. The average Bonchev–Trinajstić information content (AvgIpc) is 3.00. The molecule has 0 saturated carbocycles. The minimum atomic E-state index is -0.414. The van der Waals surface area contributed by atoms with Crippen molar-refractivity contribution >= 4 is 17.5 Å². The normalized spacial score (nSPS) is 18.2. The van der Waals surface area contributed by atoms with Crippen LogP contribution >= 0.6 is 11.8 Å². The molecular formula is C17H20N2O2S. The molecule has 0 amide bonds. The number of rotatable bonds is 6. The van der Waals surface area contributed by atoms with E-state index in [1.54, 1.807) is 24.1 Å². The minimum Gasteiger partial charge on any atom is -0.468 e. The van der Waals surface area contributed by atoms with Gasteiger partial charge in [-0.1, -0.05) is 13.3 Å². The van der Waals surface area contributed by atoms with E-state index in [0.29, 0.717) is 16.9 Å². The molecule has 2 rings (SSSR count). The van der Waals surface area contributed by atoms with Crippen LogP contribution in [0.3, 0.4) is 0 Å². The molecule has 1 atom stereocenters. The first-order chi connectivity index (χ1) is 10.6. The summed E-state index contributed by atoms with van der Waals surface area (Å²) in [6.07, 6.45) is 3.77. The number of hydrogen-bond donors (Lipinski definition) is 1. The first-order valence-corrected chi connectivity index (χ1v) is 8.37. The molecule has 0 fully saturated rings. The first kappa shape index (κ1) is 16.4. The molecule has 1 unspecified atom stereocenters. The number of dihydropyridines is 1. The number of Topliss-reactive ketones (excluding diaryl/α,β-unsaturated/α-hetero) is 1. The summed E-state index contributed by atoms with van der Waals surface area (Å²) in [4.78, 5) is 12.1. The number of thioether (sulfide) groups is 1. The molecule has 116 valence electrons. The van der Waals surface area contributed by atoms with Gasteiger partial charge in [-0.3, -0.25) is 4.79 Å². The lowest BCUT2D eigenvalue weighted by atomic mass is 9.84. The van der Waals surface area contributed by atoms with Gasteiger partial charge in [0.15, 0.2) is 5.78 Å². The third-order valence-electron chi connectivity index (χ3n) is 3.60. The predicted octanol–water partition coefficient (Wildman–Crippen LogP) is 4.10. The summed E-state index contributed by atoms with van der Waals surface area (Å²) in [5, 5.41) is 13.7. The van der Waals surface area contributed by atoms with E-state index in [2.05, 4.69) is 18.3 Å². The standard InChI is InChI=1S/C17H20N2O2S/c1-4-5-9-22-17-13(10-18)16(14-7-6-8-21-14)15(12(3)20)11(2)19-17/h6-8,16,19H,4-5,9H2,1-3H3. The fraction of sp³-hybridized carbons (Fsp3) is 0.412. The highest BCUT2D eigenvalue weighted by Gasteiger charge is 2.34. The molecule has 0 aliphatic carbocycles. The molecule has 1 aliphatic rings. The Kier molecular flexibility index (Phi) is 5.51. The van der Waals surface area contributed by atoms with E-state index in [1.807, 2.05) is 13.0 Å². The zero-order valence-electron chi connectivity index (χ0n) is 13.1. The molecular weight excluding hydrogens is 296 g/mol. The van der Waals surface area contributed by atoms with Crippen LogP contribution in [-0.2, 0) is 4.79 Å². The van der Waals surface area contributed by atoms with Gasteiger partial charge in [-0.05, 0) is 38.2 Å². The zero-order chi connectivity index (χ0) is 16.1. The van der Waals surface area contributed by atoms with Crippen LogP contribution in [0, 0.1) is 11.3 Å². The van der Waals surface area contributed by atoms with Crippen molar-refractivity contribution in [2.75, 3.05) is 5.75 Å². The number of nitrogens with zero attached hydrogens (tertiary/aromatic N) is 1. The Morgan fingerprint density at radius 2 is 2.32 bits per heavy atom. The molecule has 0 aromatic carbocycles. The lowest BCUT2D eigenvalue weighted by molar-refractivity contribution is -0.113. The Bertz CT molecular complexity index is 651. The first-order valence-electron chi connectivity index (χ1n) is 7.39. The quantitative estimate of drug-likeness (QED) is 0.800. The molecule has 5 heteroatoms. The summed E-state index contributed by atoms with van der Waals surface area (Å²) in [5.74, 6) is 1.12. The highest BCUT2D eigenvalue weighted by atomic mass is 32.2. The SMILES string of the molecule is CCCCSC1=C(C#N)C(c2ccco2)C(C(C)=O)=C(C)N1. The second-order valence-electron chi connectivity index (χ2n) is 5.22. The van der Waals surface area contributed by atoms with Crippen LogP contribution in [0.2, 0.25) is 0 Å². The lowest BCUT2D eigenvalue weighted by Crippen LogP contribution is -2.26. The third kappa shape index (κ3) is 3.28. The fourth-order valence-corrected chi connectivity index (χ4v) is 3.73. The number of carbonyl (C=O) groups excluding carboxylic acids is 1. The minimum absolute atomic E-state index is 0.0447. The zero-order valence-corrected chi connectivity index (χ0v) is 13.9. The van der Waals surface area contributed by atoms with E-state index in [0.717, 1.165) is 29.3 Å². The van der Waals surface area contributed by atoms with Gasteiger partial charge < -0.3 is 9.73 Å². The van der Waals surface area contributed by atoms with Crippen LogP contribution < -0.4 is 5.32 Å². The van der Waals surface area contributed by atoms with Crippen molar-refractivity contribution in [3.8, 4) is 6.07 Å². The molecule has 1 N–H and O–H groups in total. The molecule has 22 heavy (non-hydrogen) atoms. The molecule has 1 aromatic rings. The summed E-state index contributed by atoms with van der Waals surface area (Å²) in [6.45, 7) is 5.54. The summed E-state index contributed by atoms with van der Waals surface area (Å²) in [5.41, 5.74) is 1.96. The molecule has 1 aliphatic heterocycles. The van der Waals surface area contributed by atoms with Gasteiger partial charge in [0.25, 0.3) is 0 Å². The Hall–Kier alpha value is -1.93. The van der Waals surface area contributed by atoms with Crippen molar-refractivity contribution in [1.82, 2.24) is 5.32 Å². The molecule has 0 saturated heterocycles. The number of unbranched alkanes of at least 4 members (excludes halogenated alkanes) is 1. The highest BCUT2D eigenvalue weighted by molar-refractivity contribution is 8.03. The lowest BCUT2D eigenvalue weighted by Gasteiger charge is -2.27. The monoisotopic (exact) mass is 316 g/mol. The van der Waals surface area contributed by atoms with Gasteiger partial charge in [0, 0.05) is 11.3 Å². The Morgan fingerprint density at radius 3 is 2.86 bits per heavy atom. The van der Waals surface area contributed by atoms with E-state index in [-0.39, 0.29) is 5.78 Å². The largest absolute Gasteiger partial charge is 0.468 e. The van der Waals surface area contributed by atoms with Crippen LogP contribution in [0.4, 0.5) is 0 Å². The van der Waals surface area contributed by atoms with Crippen molar-refractivity contribution < 1.29 is 9.21 Å². The van der Waals surface area contributed by atoms with E-state index in [9.17, 15) is 10.1 Å². The van der Waals surface area contributed by atoms with E-state index in [1.165, 1.54) is 6.92 Å². The maximum atomic E-state index is 12.1. The van der Waals surface area contributed by atoms with Crippen LogP contribution in [-0.4, -0.2) is 11.5 Å². The number of nitriles is 1. The third-order valence-corrected chi connectivity index (χ3v) is 4.70. The van der Waals surface area contributed by atoms with E-state index in [4.69, 9.17) is 4.42 Å². The number of furan rings is 1. The summed E-state index contributed by atoms with van der Waals surface area (Å²) in [6, 6.07) is 5.87. The highest BCUT2D eigenvalue weighted by Crippen LogP contribution is 2.40. The van der Waals surface area contributed by atoms with Crippen molar-refractivity contribution in [1.29, 1.82) is 5.26 Å². The van der Waals surface area contributed by atoms with Crippen molar-refractivity contribution in [3.05, 3.63) is 46.0 Å². The second kappa shape index (κ2) is 7.37. The van der Waals surface area contributed by atoms with Gasteiger partial charge in [-0.25, -0.2) is 0 Å². The van der Waals surface area contributed by atoms with Crippen LogP contribution in [0.1, 0.15) is 45.3 Å². The number of hydrogen-bond acceptors (Lipinski definition) is 5. The van der Waals surface area contributed by atoms with Gasteiger partial charge in [-0.15, -0.1) is 11.8 Å². The number of carbonyl (C=O) groups is 1. The summed E-state index contributed by atoms with van der Waals surface area (Å²) >= 11 is 1.63. The molecule has 0 spiro atoms. The molecule has 4 nitrogen and oxygen atoms in total. The van der Waals surface area contributed by atoms with Gasteiger partial charge in [0.1, 0.15) is 5.76 Å². The molecule has 0 bridgehead atoms. The number of allylic oxidation sites excluding steroid dienone is 3. The van der Waals surface area contributed by atoms with Crippen molar-refractivity contribution in [2.24, 2.45) is 0 Å². The average molecular weight is 316 g/mol. The Morgan fingerprint density at radius 1 is 1.55 bits per heavy atom. The molecule has 2 heterocycles. The van der Waals surface area contributed by atoms with E-state index < -0.39 is 5.92 Å². The van der Waals surface area contributed by atoms with Gasteiger partial charge >= 0.3 is 0 Å². The van der Waals surface area contributed by atoms with Crippen LogP contribution in [0.25, 0.3) is 0 Å². The van der Waals surface area contributed by atoms with E-state index >= 15 is 0 Å². The summed E-state index contributed by atoms with van der Waals surface area (Å²) < 4.78 is 5.50. The van der Waals surface area contributed by atoms with Crippen LogP contribution in [0.5, 0.6) is 0 Å². The number of nitrogens with one attached hydrogen (secondary N) is 1. The topological polar surface area (TPSA) is 66.0 Å². The Balaban J connectivity index is 2.46. The van der Waals surface area contributed by atoms with Gasteiger partial charge in [-0.2, -0.15) is 5.26 Å². The van der Waals surface area contributed by atoms with Crippen molar-refractivity contribution in [3.63, 3.8) is 0 Å². The predicted molar refractivity (Wildman–Crippen MR) is 88.0 cm³/mol. The smallest absolute Gasteiger partial charge is 0.158 e. The van der Waals surface area contributed by atoms with Gasteiger partial charge in [0.05, 0.1) is 28.9 Å². The Labute approximate surface area is 135 Å². The summed E-state index contributed by atoms with van der Waals surface area (Å²) in [7, 11) is 0. The fourth-order valence-electron chi connectivity index (χ4n) is 2.55. The van der Waals surface area contributed by atoms with Gasteiger partial charge in [0.2, 0.25) is 0 Å². The van der Waals surface area contributed by atoms with Crippen molar-refractivity contribution in [2.45, 2.75) is 39.5 Å². The maximum absolute atomic E-state index is 12.1. The molecule has 1 aromatic heterocycles. The number of ketones is 1.